The lowest BCUT2D eigenvalue weighted by molar-refractivity contribution is 0.340. The van der Waals surface area contributed by atoms with Gasteiger partial charge in [0.2, 0.25) is 0 Å². The van der Waals surface area contributed by atoms with Crippen LogP contribution in [0.2, 0.25) is 5.02 Å². The molecule has 0 amide bonds. The average Bonchev–Trinajstić information content (AvgIpc) is 3.42. The van der Waals surface area contributed by atoms with Crippen LogP contribution in [-0.4, -0.2) is 21.1 Å². The van der Waals surface area contributed by atoms with Crippen LogP contribution >= 0.6 is 11.6 Å². The van der Waals surface area contributed by atoms with Gasteiger partial charge in [-0.25, -0.2) is 4.98 Å². The number of pyridine rings is 1. The van der Waals surface area contributed by atoms with Crippen LogP contribution in [-0.2, 0) is 12.5 Å². The lowest BCUT2D eigenvalue weighted by Gasteiger charge is -2.30. The standard InChI is InChI=1S/C29H26ClN3O2/c1-4-35-23-7-5-6-19(14-23)24-16-28(34)33(3)26-13-10-21(15-25(24)26)29(2,27-17-31-18-32-27)20-8-11-22(30)12-9-20/h5-18H,4H2,1-3H3,(H,31,32). The molecule has 2 aromatic heterocycles. The summed E-state index contributed by atoms with van der Waals surface area (Å²) in [6, 6.07) is 23.7. The van der Waals surface area contributed by atoms with E-state index >= 15 is 0 Å². The summed E-state index contributed by atoms with van der Waals surface area (Å²) in [5, 5.41) is 1.67. The number of aromatic amines is 1. The molecule has 5 aromatic rings. The third-order valence-electron chi connectivity index (χ3n) is 6.74. The van der Waals surface area contributed by atoms with Crippen molar-refractivity contribution in [3.8, 4) is 16.9 Å². The summed E-state index contributed by atoms with van der Waals surface area (Å²) in [6.45, 7) is 4.70. The second kappa shape index (κ2) is 9.08. The SMILES string of the molecule is CCOc1cccc(-c2cc(=O)n(C)c3ccc(C(C)(c4ccc(Cl)cc4)c4cnc[nH]4)cc23)c1. The number of imidazole rings is 1. The summed E-state index contributed by atoms with van der Waals surface area (Å²) >= 11 is 6.20. The van der Waals surface area contributed by atoms with Gasteiger partial charge in [-0.1, -0.05) is 41.9 Å². The van der Waals surface area contributed by atoms with Crippen molar-refractivity contribution in [3.05, 3.63) is 118 Å². The van der Waals surface area contributed by atoms with E-state index in [1.165, 1.54) is 0 Å². The Morgan fingerprint density at radius 2 is 1.80 bits per heavy atom. The van der Waals surface area contributed by atoms with Crippen LogP contribution in [0.15, 0.2) is 90.1 Å². The number of aryl methyl sites for hydroxylation is 1. The maximum atomic E-state index is 12.9. The van der Waals surface area contributed by atoms with Crippen molar-refractivity contribution in [1.82, 2.24) is 14.5 Å². The Morgan fingerprint density at radius 3 is 2.51 bits per heavy atom. The zero-order chi connectivity index (χ0) is 24.6. The number of halogens is 1. The molecule has 1 N–H and O–H groups in total. The van der Waals surface area contributed by atoms with Crippen molar-refractivity contribution in [3.63, 3.8) is 0 Å². The van der Waals surface area contributed by atoms with Crippen molar-refractivity contribution in [2.24, 2.45) is 7.05 Å². The van der Waals surface area contributed by atoms with E-state index in [0.717, 1.165) is 44.6 Å². The molecule has 0 aliphatic rings. The molecule has 0 saturated carbocycles. The minimum absolute atomic E-state index is 0.0592. The van der Waals surface area contributed by atoms with E-state index in [-0.39, 0.29) is 5.56 Å². The van der Waals surface area contributed by atoms with E-state index in [1.54, 1.807) is 24.0 Å². The Hall–Kier alpha value is -3.83. The number of ether oxygens (including phenoxy) is 1. The average molecular weight is 484 g/mol. The van der Waals surface area contributed by atoms with Gasteiger partial charge in [0, 0.05) is 35.4 Å². The quantitative estimate of drug-likeness (QED) is 0.307. The van der Waals surface area contributed by atoms with Crippen LogP contribution in [0.4, 0.5) is 0 Å². The molecule has 0 saturated heterocycles. The van der Waals surface area contributed by atoms with Crippen LogP contribution in [0.5, 0.6) is 5.75 Å². The van der Waals surface area contributed by atoms with Crippen LogP contribution in [0.25, 0.3) is 22.0 Å². The minimum atomic E-state index is -0.519. The Balaban J connectivity index is 1.79. The fourth-order valence-corrected chi connectivity index (χ4v) is 4.85. The molecule has 0 radical (unpaired) electrons. The molecule has 0 aliphatic carbocycles. The summed E-state index contributed by atoms with van der Waals surface area (Å²) in [7, 11) is 1.80. The highest BCUT2D eigenvalue weighted by molar-refractivity contribution is 6.30. The molecule has 5 nitrogen and oxygen atoms in total. The predicted octanol–water partition coefficient (Wildman–Crippen LogP) is 6.34. The first-order valence-electron chi connectivity index (χ1n) is 11.5. The Morgan fingerprint density at radius 1 is 1.03 bits per heavy atom. The number of hydrogen-bond donors (Lipinski definition) is 1. The predicted molar refractivity (Wildman–Crippen MR) is 141 cm³/mol. The molecule has 0 bridgehead atoms. The highest BCUT2D eigenvalue weighted by Gasteiger charge is 2.33. The molecule has 5 rings (SSSR count). The van der Waals surface area contributed by atoms with E-state index in [4.69, 9.17) is 16.3 Å². The lowest BCUT2D eigenvalue weighted by atomic mass is 9.73. The van der Waals surface area contributed by atoms with Gasteiger partial charge in [-0.2, -0.15) is 0 Å². The normalized spacial score (nSPS) is 13.0. The second-order valence-electron chi connectivity index (χ2n) is 8.75. The minimum Gasteiger partial charge on any atom is -0.494 e. The molecule has 0 aliphatic heterocycles. The Bertz CT molecular complexity index is 1560. The molecule has 1 atom stereocenters. The first-order chi connectivity index (χ1) is 16.9. The fourth-order valence-electron chi connectivity index (χ4n) is 4.72. The number of hydrogen-bond acceptors (Lipinski definition) is 3. The van der Waals surface area contributed by atoms with Crippen molar-refractivity contribution in [1.29, 1.82) is 0 Å². The molecule has 6 heteroatoms. The van der Waals surface area contributed by atoms with Gasteiger partial charge < -0.3 is 14.3 Å². The van der Waals surface area contributed by atoms with Gasteiger partial charge >= 0.3 is 0 Å². The number of H-pyrrole nitrogens is 1. The zero-order valence-corrected chi connectivity index (χ0v) is 20.6. The lowest BCUT2D eigenvalue weighted by Crippen LogP contribution is -2.26. The molecule has 0 fully saturated rings. The van der Waals surface area contributed by atoms with Gasteiger partial charge in [0.05, 0.1) is 23.9 Å². The largest absolute Gasteiger partial charge is 0.494 e. The Kier molecular flexibility index (Phi) is 5.95. The number of nitrogens with one attached hydrogen (secondary N) is 1. The van der Waals surface area contributed by atoms with Gasteiger partial charge in [0.15, 0.2) is 0 Å². The van der Waals surface area contributed by atoms with Gasteiger partial charge in [-0.15, -0.1) is 0 Å². The molecule has 0 spiro atoms. The van der Waals surface area contributed by atoms with Crippen molar-refractivity contribution in [2.75, 3.05) is 6.61 Å². The number of nitrogens with zero attached hydrogens (tertiary/aromatic N) is 2. The molecule has 1 unspecified atom stereocenters. The van der Waals surface area contributed by atoms with Crippen molar-refractivity contribution in [2.45, 2.75) is 19.3 Å². The third-order valence-corrected chi connectivity index (χ3v) is 6.99. The van der Waals surface area contributed by atoms with E-state index in [0.29, 0.717) is 11.6 Å². The summed E-state index contributed by atoms with van der Waals surface area (Å²) in [5.41, 5.74) is 5.20. The van der Waals surface area contributed by atoms with Gasteiger partial charge in [-0.05, 0) is 72.5 Å². The number of fused-ring (bicyclic) bond motifs is 1. The first-order valence-corrected chi connectivity index (χ1v) is 11.9. The second-order valence-corrected chi connectivity index (χ2v) is 9.18. The highest BCUT2D eigenvalue weighted by atomic mass is 35.5. The van der Waals surface area contributed by atoms with Crippen LogP contribution in [0, 0.1) is 0 Å². The summed E-state index contributed by atoms with van der Waals surface area (Å²) in [6.07, 6.45) is 3.55. The highest BCUT2D eigenvalue weighted by Crippen LogP contribution is 2.40. The molecule has 2 heterocycles. The molecule has 3 aromatic carbocycles. The maximum Gasteiger partial charge on any atom is 0.251 e. The number of rotatable bonds is 6. The third kappa shape index (κ3) is 4.02. The van der Waals surface area contributed by atoms with Gasteiger partial charge in [0.1, 0.15) is 5.75 Å². The topological polar surface area (TPSA) is 59.9 Å². The van der Waals surface area contributed by atoms with Crippen LogP contribution in [0.3, 0.4) is 0 Å². The monoisotopic (exact) mass is 483 g/mol. The summed E-state index contributed by atoms with van der Waals surface area (Å²) < 4.78 is 7.41. The molecular weight excluding hydrogens is 458 g/mol. The van der Waals surface area contributed by atoms with E-state index in [2.05, 4.69) is 29.0 Å². The van der Waals surface area contributed by atoms with E-state index in [9.17, 15) is 4.79 Å². The summed E-state index contributed by atoms with van der Waals surface area (Å²) in [4.78, 5) is 20.5. The van der Waals surface area contributed by atoms with Crippen molar-refractivity contribution < 1.29 is 4.74 Å². The molecule has 35 heavy (non-hydrogen) atoms. The van der Waals surface area contributed by atoms with Crippen molar-refractivity contribution >= 4 is 22.5 Å². The van der Waals surface area contributed by atoms with E-state index in [1.807, 2.05) is 67.7 Å². The van der Waals surface area contributed by atoms with Gasteiger partial charge in [-0.3, -0.25) is 4.79 Å². The van der Waals surface area contributed by atoms with Crippen LogP contribution < -0.4 is 10.3 Å². The smallest absolute Gasteiger partial charge is 0.251 e. The fraction of sp³-hybridized carbons (Fsp3) is 0.172. The zero-order valence-electron chi connectivity index (χ0n) is 19.9. The van der Waals surface area contributed by atoms with E-state index < -0.39 is 5.41 Å². The van der Waals surface area contributed by atoms with Gasteiger partial charge in [0.25, 0.3) is 5.56 Å². The maximum absolute atomic E-state index is 12.9. The number of benzene rings is 3. The molecule has 176 valence electrons. The summed E-state index contributed by atoms with van der Waals surface area (Å²) in [5.74, 6) is 0.776. The Labute approximate surface area is 209 Å². The first kappa shape index (κ1) is 22.9. The number of aromatic nitrogens is 3. The molecular formula is C29H26ClN3O2. The van der Waals surface area contributed by atoms with Crippen LogP contribution in [0.1, 0.15) is 30.7 Å².